The molecule has 0 aliphatic carbocycles. The average molecular weight is 218 g/mol. The highest BCUT2D eigenvalue weighted by Gasteiger charge is 2.34. The first-order valence-electron chi connectivity index (χ1n) is 3.74. The summed E-state index contributed by atoms with van der Waals surface area (Å²) in [5.41, 5.74) is 0.567. The minimum atomic E-state index is -1.50. The van der Waals surface area contributed by atoms with E-state index >= 15 is 0 Å². The molecule has 70 valence electrons. The molecule has 0 unspecified atom stereocenters. The molecule has 0 aromatic heterocycles. The molecule has 1 N–H and O–H groups in total. The van der Waals surface area contributed by atoms with E-state index in [1.54, 1.807) is 24.3 Å². The van der Waals surface area contributed by atoms with E-state index in [4.69, 9.17) is 23.2 Å². The van der Waals surface area contributed by atoms with E-state index in [9.17, 15) is 4.79 Å². The molecule has 2 nitrogen and oxygen atoms in total. The zero-order valence-corrected chi connectivity index (χ0v) is 8.56. The molecular formula is C9H9Cl2NO. The minimum absolute atomic E-state index is 0.429. The predicted octanol–water partition coefficient (Wildman–Crippen LogP) is 2.06. The largest absolute Gasteiger partial charge is 0.356 e. The summed E-state index contributed by atoms with van der Waals surface area (Å²) in [6.07, 6.45) is 0. The zero-order chi connectivity index (χ0) is 9.90. The molecule has 0 radical (unpaired) electrons. The summed E-state index contributed by atoms with van der Waals surface area (Å²) in [4.78, 5) is 11.3. The molecular weight excluding hydrogens is 209 g/mol. The van der Waals surface area contributed by atoms with E-state index in [2.05, 4.69) is 5.32 Å². The second-order valence-electron chi connectivity index (χ2n) is 2.52. The topological polar surface area (TPSA) is 29.1 Å². The van der Waals surface area contributed by atoms with Crippen LogP contribution in [0.5, 0.6) is 0 Å². The summed E-state index contributed by atoms with van der Waals surface area (Å²) in [6.45, 7) is 0. The molecule has 0 spiro atoms. The number of halogens is 2. The normalized spacial score (nSPS) is 11.0. The lowest BCUT2D eigenvalue weighted by atomic mass is 10.1. The van der Waals surface area contributed by atoms with Crippen molar-refractivity contribution in [1.29, 1.82) is 0 Å². The standard InChI is InChI=1S/C9H9Cl2NO/c1-12-8(13)9(10,11)7-5-3-2-4-6-7/h2-6H,1H3,(H,12,13). The maximum absolute atomic E-state index is 11.3. The van der Waals surface area contributed by atoms with Crippen LogP contribution in [-0.4, -0.2) is 13.0 Å². The minimum Gasteiger partial charge on any atom is -0.356 e. The molecule has 0 heterocycles. The lowest BCUT2D eigenvalue weighted by molar-refractivity contribution is -0.121. The number of carbonyl (C=O) groups is 1. The molecule has 1 rings (SSSR count). The highest BCUT2D eigenvalue weighted by molar-refractivity contribution is 6.57. The van der Waals surface area contributed by atoms with E-state index in [0.717, 1.165) is 0 Å². The smallest absolute Gasteiger partial charge is 0.260 e. The Hall–Kier alpha value is -0.730. The van der Waals surface area contributed by atoms with Gasteiger partial charge >= 0.3 is 0 Å². The number of hydrogen-bond acceptors (Lipinski definition) is 1. The van der Waals surface area contributed by atoms with Gasteiger partial charge in [0, 0.05) is 7.05 Å². The molecule has 0 fully saturated rings. The van der Waals surface area contributed by atoms with Gasteiger partial charge < -0.3 is 5.32 Å². The van der Waals surface area contributed by atoms with Crippen LogP contribution in [0.25, 0.3) is 0 Å². The predicted molar refractivity (Wildman–Crippen MR) is 53.9 cm³/mol. The first-order valence-corrected chi connectivity index (χ1v) is 4.50. The quantitative estimate of drug-likeness (QED) is 0.756. The molecule has 0 atom stereocenters. The Bertz CT molecular complexity index is 298. The summed E-state index contributed by atoms with van der Waals surface area (Å²) in [7, 11) is 1.49. The Kier molecular flexibility index (Phi) is 3.17. The van der Waals surface area contributed by atoms with Crippen molar-refractivity contribution in [2.75, 3.05) is 7.05 Å². The second-order valence-corrected chi connectivity index (χ2v) is 3.85. The van der Waals surface area contributed by atoms with Gasteiger partial charge in [0.2, 0.25) is 4.33 Å². The summed E-state index contributed by atoms with van der Waals surface area (Å²) in [6, 6.07) is 8.79. The SMILES string of the molecule is CNC(=O)C(Cl)(Cl)c1ccccc1. The fraction of sp³-hybridized carbons (Fsp3) is 0.222. The van der Waals surface area contributed by atoms with E-state index in [1.807, 2.05) is 6.07 Å². The van der Waals surface area contributed by atoms with Crippen molar-refractivity contribution >= 4 is 29.1 Å². The Morgan fingerprint density at radius 3 is 2.31 bits per heavy atom. The van der Waals surface area contributed by atoms with E-state index < -0.39 is 10.2 Å². The zero-order valence-electron chi connectivity index (χ0n) is 7.05. The Balaban J connectivity index is 3.00. The number of carbonyl (C=O) groups excluding carboxylic acids is 1. The molecule has 0 bridgehead atoms. The fourth-order valence-electron chi connectivity index (χ4n) is 0.936. The fourth-order valence-corrected chi connectivity index (χ4v) is 1.38. The maximum atomic E-state index is 11.3. The van der Waals surface area contributed by atoms with Crippen molar-refractivity contribution < 1.29 is 4.79 Å². The molecule has 1 aromatic rings. The molecule has 13 heavy (non-hydrogen) atoms. The van der Waals surface area contributed by atoms with Crippen molar-refractivity contribution in [1.82, 2.24) is 5.32 Å². The van der Waals surface area contributed by atoms with Gasteiger partial charge in [-0.2, -0.15) is 0 Å². The van der Waals surface area contributed by atoms with Gasteiger partial charge in [0.15, 0.2) is 0 Å². The van der Waals surface area contributed by atoms with E-state index in [-0.39, 0.29) is 0 Å². The Morgan fingerprint density at radius 1 is 1.31 bits per heavy atom. The lowest BCUT2D eigenvalue weighted by Gasteiger charge is -2.17. The van der Waals surface area contributed by atoms with Gasteiger partial charge in [-0.3, -0.25) is 4.79 Å². The summed E-state index contributed by atoms with van der Waals surface area (Å²) < 4.78 is -1.50. The van der Waals surface area contributed by atoms with Crippen LogP contribution >= 0.6 is 23.2 Å². The van der Waals surface area contributed by atoms with Gasteiger partial charge in [-0.15, -0.1) is 0 Å². The third-order valence-electron chi connectivity index (χ3n) is 1.65. The number of amides is 1. The lowest BCUT2D eigenvalue weighted by Crippen LogP contribution is -2.33. The third kappa shape index (κ3) is 2.14. The Morgan fingerprint density at radius 2 is 1.85 bits per heavy atom. The highest BCUT2D eigenvalue weighted by atomic mass is 35.5. The van der Waals surface area contributed by atoms with Gasteiger partial charge in [-0.1, -0.05) is 53.5 Å². The van der Waals surface area contributed by atoms with Crippen LogP contribution in [0.3, 0.4) is 0 Å². The number of alkyl halides is 2. The van der Waals surface area contributed by atoms with Gasteiger partial charge in [-0.25, -0.2) is 0 Å². The van der Waals surface area contributed by atoms with Crippen LogP contribution < -0.4 is 5.32 Å². The summed E-state index contributed by atoms with van der Waals surface area (Å²) in [5, 5.41) is 2.40. The monoisotopic (exact) mass is 217 g/mol. The molecule has 0 aliphatic heterocycles. The van der Waals surface area contributed by atoms with E-state index in [1.165, 1.54) is 7.05 Å². The number of likely N-dealkylation sites (N-methyl/N-ethyl adjacent to an activating group) is 1. The van der Waals surface area contributed by atoms with Gasteiger partial charge in [-0.05, 0) is 5.56 Å². The van der Waals surface area contributed by atoms with Crippen molar-refractivity contribution in [3.05, 3.63) is 35.9 Å². The maximum Gasteiger partial charge on any atom is 0.260 e. The third-order valence-corrected chi connectivity index (χ3v) is 2.43. The van der Waals surface area contributed by atoms with Gasteiger partial charge in [0.25, 0.3) is 5.91 Å². The van der Waals surface area contributed by atoms with Crippen LogP contribution in [0.1, 0.15) is 5.56 Å². The van der Waals surface area contributed by atoms with E-state index in [0.29, 0.717) is 5.56 Å². The number of benzene rings is 1. The van der Waals surface area contributed by atoms with Crippen LogP contribution in [-0.2, 0) is 9.13 Å². The molecule has 1 aromatic carbocycles. The van der Waals surface area contributed by atoms with Crippen LogP contribution in [0.4, 0.5) is 0 Å². The molecule has 4 heteroatoms. The van der Waals surface area contributed by atoms with Crippen molar-refractivity contribution in [3.8, 4) is 0 Å². The van der Waals surface area contributed by atoms with Crippen molar-refractivity contribution in [2.24, 2.45) is 0 Å². The Labute approximate surface area is 86.8 Å². The molecule has 0 aliphatic rings. The summed E-state index contributed by atoms with van der Waals surface area (Å²) in [5.74, 6) is -0.429. The van der Waals surface area contributed by atoms with Gasteiger partial charge in [0.1, 0.15) is 0 Å². The molecule has 0 saturated heterocycles. The van der Waals surface area contributed by atoms with Crippen LogP contribution in [0.2, 0.25) is 0 Å². The van der Waals surface area contributed by atoms with Crippen molar-refractivity contribution in [2.45, 2.75) is 4.33 Å². The second kappa shape index (κ2) is 3.99. The van der Waals surface area contributed by atoms with Crippen LogP contribution in [0.15, 0.2) is 30.3 Å². The molecule has 0 saturated carbocycles. The number of rotatable bonds is 2. The highest BCUT2D eigenvalue weighted by Crippen LogP contribution is 2.33. The number of hydrogen-bond donors (Lipinski definition) is 1. The van der Waals surface area contributed by atoms with Crippen molar-refractivity contribution in [3.63, 3.8) is 0 Å². The average Bonchev–Trinajstić information content (AvgIpc) is 2.18. The van der Waals surface area contributed by atoms with Crippen LogP contribution in [0, 0.1) is 0 Å². The number of nitrogens with one attached hydrogen (secondary N) is 1. The summed E-state index contributed by atoms with van der Waals surface area (Å²) >= 11 is 11.7. The first kappa shape index (κ1) is 10.4. The van der Waals surface area contributed by atoms with Gasteiger partial charge in [0.05, 0.1) is 0 Å². The first-order chi connectivity index (χ1) is 6.09. The molecule has 1 amide bonds.